The zero-order valence-electron chi connectivity index (χ0n) is 13.3. The minimum atomic E-state index is 0. The van der Waals surface area contributed by atoms with Crippen LogP contribution in [0.25, 0.3) is 10.9 Å². The minimum absolute atomic E-state index is 0. The molecule has 0 saturated carbocycles. The Bertz CT molecular complexity index is 549. The molecule has 0 aliphatic rings. The zero-order chi connectivity index (χ0) is 14.4. The normalized spacial score (nSPS) is 10.4. The van der Waals surface area contributed by atoms with Crippen LogP contribution in [0, 0.1) is 6.92 Å². The van der Waals surface area contributed by atoms with E-state index in [-0.39, 0.29) is 12.4 Å². The van der Waals surface area contributed by atoms with E-state index < -0.39 is 0 Å². The fourth-order valence-corrected chi connectivity index (χ4v) is 2.43. The molecule has 0 N–H and O–H groups in total. The van der Waals surface area contributed by atoms with Crippen LogP contribution in [0.2, 0.25) is 0 Å². The van der Waals surface area contributed by atoms with Gasteiger partial charge in [0.05, 0.1) is 5.52 Å². The second-order valence-electron chi connectivity index (χ2n) is 5.41. The van der Waals surface area contributed by atoms with Crippen molar-refractivity contribution >= 4 is 29.1 Å². The Balaban J connectivity index is 0.00000220. The summed E-state index contributed by atoms with van der Waals surface area (Å²) < 4.78 is 0. The van der Waals surface area contributed by atoms with E-state index in [1.54, 1.807) is 6.33 Å². The number of anilines is 1. The molecule has 0 bridgehead atoms. The van der Waals surface area contributed by atoms with Gasteiger partial charge in [-0.25, -0.2) is 9.97 Å². The van der Waals surface area contributed by atoms with Crippen LogP contribution in [0.1, 0.15) is 45.1 Å². The van der Waals surface area contributed by atoms with Gasteiger partial charge in [0.25, 0.3) is 0 Å². The number of hydrogen-bond donors (Lipinski definition) is 0. The Morgan fingerprint density at radius 3 is 2.29 bits per heavy atom. The van der Waals surface area contributed by atoms with Crippen LogP contribution < -0.4 is 4.90 Å². The Morgan fingerprint density at radius 1 is 1.00 bits per heavy atom. The Morgan fingerprint density at radius 2 is 1.67 bits per heavy atom. The van der Waals surface area contributed by atoms with Crippen molar-refractivity contribution in [2.24, 2.45) is 0 Å². The third kappa shape index (κ3) is 4.57. The van der Waals surface area contributed by atoms with Crippen LogP contribution in [0.15, 0.2) is 24.5 Å². The zero-order valence-corrected chi connectivity index (χ0v) is 14.1. The van der Waals surface area contributed by atoms with Crippen LogP contribution in [-0.2, 0) is 0 Å². The molecule has 116 valence electrons. The van der Waals surface area contributed by atoms with Gasteiger partial charge in [0.15, 0.2) is 0 Å². The average molecular weight is 308 g/mol. The van der Waals surface area contributed by atoms with Gasteiger partial charge in [-0.05, 0) is 31.9 Å². The van der Waals surface area contributed by atoms with Crippen molar-refractivity contribution in [1.82, 2.24) is 9.97 Å². The summed E-state index contributed by atoms with van der Waals surface area (Å²) in [6.45, 7) is 8.76. The Hall–Kier alpha value is -1.35. The predicted octanol–water partition coefficient (Wildman–Crippen LogP) is 4.77. The van der Waals surface area contributed by atoms with Gasteiger partial charge in [0.2, 0.25) is 0 Å². The van der Waals surface area contributed by atoms with E-state index in [9.17, 15) is 0 Å². The number of hydrogen-bond acceptors (Lipinski definition) is 3. The van der Waals surface area contributed by atoms with Crippen molar-refractivity contribution in [3.8, 4) is 0 Å². The molecule has 21 heavy (non-hydrogen) atoms. The summed E-state index contributed by atoms with van der Waals surface area (Å²) in [6.07, 6.45) is 6.54. The van der Waals surface area contributed by atoms with Crippen LogP contribution >= 0.6 is 12.4 Å². The molecule has 2 aromatic rings. The summed E-state index contributed by atoms with van der Waals surface area (Å²) in [5.74, 6) is 1.10. The second-order valence-corrected chi connectivity index (χ2v) is 5.41. The number of fused-ring (bicyclic) bond motifs is 1. The van der Waals surface area contributed by atoms with Crippen LogP contribution in [-0.4, -0.2) is 23.1 Å². The minimum Gasteiger partial charge on any atom is -0.356 e. The molecule has 3 nitrogen and oxygen atoms in total. The lowest BCUT2D eigenvalue weighted by Crippen LogP contribution is -2.26. The number of aromatic nitrogens is 2. The van der Waals surface area contributed by atoms with E-state index in [1.807, 2.05) is 0 Å². The van der Waals surface area contributed by atoms with E-state index in [0.717, 1.165) is 24.4 Å². The standard InChI is InChI=1S/C17H25N3.ClH/c1-4-6-10-20(11-7-5-2)17-15-12-14(3)8-9-16(15)18-13-19-17;/h8-9,12-13H,4-7,10-11H2,1-3H3;1H. The summed E-state index contributed by atoms with van der Waals surface area (Å²) in [5, 5.41) is 1.18. The number of rotatable bonds is 7. The molecule has 0 saturated heterocycles. The summed E-state index contributed by atoms with van der Waals surface area (Å²) in [5.41, 5.74) is 2.30. The van der Waals surface area contributed by atoms with Gasteiger partial charge in [-0.2, -0.15) is 0 Å². The van der Waals surface area contributed by atoms with Gasteiger partial charge in [-0.1, -0.05) is 38.3 Å². The highest BCUT2D eigenvalue weighted by Crippen LogP contribution is 2.24. The summed E-state index contributed by atoms with van der Waals surface area (Å²) in [7, 11) is 0. The van der Waals surface area contributed by atoms with E-state index in [0.29, 0.717) is 0 Å². The molecule has 0 aliphatic heterocycles. The van der Waals surface area contributed by atoms with Gasteiger partial charge in [-0.15, -0.1) is 12.4 Å². The molecule has 2 rings (SSSR count). The van der Waals surface area contributed by atoms with Crippen molar-refractivity contribution in [2.75, 3.05) is 18.0 Å². The molecule has 0 atom stereocenters. The number of nitrogens with zero attached hydrogens (tertiary/aromatic N) is 3. The maximum Gasteiger partial charge on any atom is 0.139 e. The third-order valence-corrected chi connectivity index (χ3v) is 3.63. The summed E-state index contributed by atoms with van der Waals surface area (Å²) in [6, 6.07) is 6.41. The first-order valence-electron chi connectivity index (χ1n) is 7.72. The first-order chi connectivity index (χ1) is 9.76. The second kappa shape index (κ2) is 8.83. The molecule has 0 unspecified atom stereocenters. The largest absolute Gasteiger partial charge is 0.356 e. The average Bonchev–Trinajstić information content (AvgIpc) is 2.47. The molecule has 0 spiro atoms. The molecule has 1 aromatic carbocycles. The monoisotopic (exact) mass is 307 g/mol. The van der Waals surface area contributed by atoms with Gasteiger partial charge in [-0.3, -0.25) is 0 Å². The highest BCUT2D eigenvalue weighted by atomic mass is 35.5. The summed E-state index contributed by atoms with van der Waals surface area (Å²) in [4.78, 5) is 11.4. The first kappa shape index (κ1) is 17.7. The molecular formula is C17H26ClN3. The van der Waals surface area contributed by atoms with Crippen molar-refractivity contribution in [2.45, 2.75) is 46.5 Å². The van der Waals surface area contributed by atoms with E-state index in [2.05, 4.69) is 53.8 Å². The lowest BCUT2D eigenvalue weighted by molar-refractivity contribution is 0.673. The Kier molecular flexibility index (Phi) is 7.44. The van der Waals surface area contributed by atoms with E-state index in [1.165, 1.54) is 36.6 Å². The third-order valence-electron chi connectivity index (χ3n) is 3.63. The molecule has 1 heterocycles. The number of aryl methyl sites for hydroxylation is 1. The lowest BCUT2D eigenvalue weighted by atomic mass is 10.1. The van der Waals surface area contributed by atoms with Gasteiger partial charge in [0.1, 0.15) is 12.1 Å². The Labute approximate surface area is 134 Å². The van der Waals surface area contributed by atoms with Gasteiger partial charge in [0, 0.05) is 18.5 Å². The quantitative estimate of drug-likeness (QED) is 0.738. The number of benzene rings is 1. The molecule has 0 radical (unpaired) electrons. The maximum atomic E-state index is 4.57. The molecule has 0 amide bonds. The van der Waals surface area contributed by atoms with Crippen molar-refractivity contribution < 1.29 is 0 Å². The predicted molar refractivity (Wildman–Crippen MR) is 93.6 cm³/mol. The van der Waals surface area contributed by atoms with Crippen LogP contribution in [0.4, 0.5) is 5.82 Å². The van der Waals surface area contributed by atoms with E-state index in [4.69, 9.17) is 0 Å². The SMILES string of the molecule is CCCCN(CCCC)c1ncnc2ccc(C)cc12.Cl. The summed E-state index contributed by atoms with van der Waals surface area (Å²) >= 11 is 0. The molecule has 0 aliphatic carbocycles. The number of unbranched alkanes of at least 4 members (excludes halogenated alkanes) is 2. The lowest BCUT2D eigenvalue weighted by Gasteiger charge is -2.24. The van der Waals surface area contributed by atoms with Crippen molar-refractivity contribution in [3.05, 3.63) is 30.1 Å². The highest BCUT2D eigenvalue weighted by Gasteiger charge is 2.11. The molecule has 4 heteroatoms. The van der Waals surface area contributed by atoms with Gasteiger partial charge >= 0.3 is 0 Å². The fourth-order valence-electron chi connectivity index (χ4n) is 2.43. The molecular weight excluding hydrogens is 282 g/mol. The van der Waals surface area contributed by atoms with Crippen LogP contribution in [0.3, 0.4) is 0 Å². The van der Waals surface area contributed by atoms with Crippen molar-refractivity contribution in [3.63, 3.8) is 0 Å². The smallest absolute Gasteiger partial charge is 0.139 e. The first-order valence-corrected chi connectivity index (χ1v) is 7.72. The van der Waals surface area contributed by atoms with E-state index >= 15 is 0 Å². The van der Waals surface area contributed by atoms with Crippen molar-refractivity contribution in [1.29, 1.82) is 0 Å². The highest BCUT2D eigenvalue weighted by molar-refractivity contribution is 5.89. The topological polar surface area (TPSA) is 29.0 Å². The van der Waals surface area contributed by atoms with Crippen LogP contribution in [0.5, 0.6) is 0 Å². The number of halogens is 1. The molecule has 0 fully saturated rings. The molecule has 1 aromatic heterocycles. The fraction of sp³-hybridized carbons (Fsp3) is 0.529. The van der Waals surface area contributed by atoms with Gasteiger partial charge < -0.3 is 4.90 Å². The maximum absolute atomic E-state index is 4.57.